The Morgan fingerprint density at radius 2 is 1.25 bits per heavy atom. The van der Waals surface area contributed by atoms with Crippen LogP contribution in [0, 0.1) is 0 Å². The zero-order chi connectivity index (χ0) is 41.4. The van der Waals surface area contributed by atoms with Gasteiger partial charge in [0.15, 0.2) is 15.6 Å². The van der Waals surface area contributed by atoms with Gasteiger partial charge in [-0.05, 0) is 71.6 Å². The number of sulfone groups is 1. The van der Waals surface area contributed by atoms with Crippen LogP contribution >= 0.6 is 11.6 Å². The van der Waals surface area contributed by atoms with E-state index in [0.717, 1.165) is 42.5 Å². The van der Waals surface area contributed by atoms with E-state index in [9.17, 15) is 60.9 Å². The van der Waals surface area contributed by atoms with Gasteiger partial charge in [0.2, 0.25) is 17.2 Å². The standard InChI is InChI=1S/C27H22ClN7O16S5/c28-25-31-26(29-18-3-1-2-4-20(18)54(42,43)44)33-27(32-25)30-19-13-17(53(39,40)41)11-14-12-21(55(45,46)47)23(24(36)22(14)19)35-34-15-5-7-16(8-6-15)52(37,38)10-9-51-56(48,49)50/h1-8,11-13,36H,9-10H2,(H,39,40,41)(H,42,43,44)(H,45,46,47)(H,48,49,50)(H2,29,30,31,32,33). The van der Waals surface area contributed by atoms with Crippen molar-refractivity contribution >= 4 is 108 Å². The Balaban J connectivity index is 1.60. The van der Waals surface area contributed by atoms with Gasteiger partial charge in [0.05, 0.1) is 39.2 Å². The van der Waals surface area contributed by atoms with Crippen molar-refractivity contribution in [1.29, 1.82) is 0 Å². The van der Waals surface area contributed by atoms with Crippen LogP contribution in [0.1, 0.15) is 0 Å². The van der Waals surface area contributed by atoms with Gasteiger partial charge in [0.1, 0.15) is 15.5 Å². The van der Waals surface area contributed by atoms with Crippen LogP contribution in [0.5, 0.6) is 5.75 Å². The van der Waals surface area contributed by atoms with Crippen LogP contribution in [-0.4, -0.2) is 92.7 Å². The van der Waals surface area contributed by atoms with Crippen LogP contribution in [0.2, 0.25) is 5.28 Å². The molecule has 56 heavy (non-hydrogen) atoms. The number of aromatic hydroxyl groups is 1. The molecule has 0 atom stereocenters. The highest BCUT2D eigenvalue weighted by Gasteiger charge is 2.26. The first-order valence-electron chi connectivity index (χ1n) is 14.5. The molecule has 0 unspecified atom stereocenters. The summed E-state index contributed by atoms with van der Waals surface area (Å²) in [6.45, 7) is -0.908. The number of azo groups is 1. The van der Waals surface area contributed by atoms with Crippen LogP contribution in [0.4, 0.5) is 34.6 Å². The number of nitrogens with zero attached hydrogens (tertiary/aromatic N) is 5. The minimum Gasteiger partial charge on any atom is -0.505 e. The topological polar surface area (TPSA) is 369 Å². The summed E-state index contributed by atoms with van der Waals surface area (Å²) in [5.41, 5.74) is -1.77. The lowest BCUT2D eigenvalue weighted by Crippen LogP contribution is -2.15. The van der Waals surface area contributed by atoms with E-state index < -0.39 is 123 Å². The fourth-order valence-corrected chi connectivity index (χ4v) is 8.19. The summed E-state index contributed by atoms with van der Waals surface area (Å²) in [5.74, 6) is -2.88. The second-order valence-corrected chi connectivity index (χ2v) is 18.6. The van der Waals surface area contributed by atoms with E-state index in [1.54, 1.807) is 0 Å². The summed E-state index contributed by atoms with van der Waals surface area (Å²) in [7, 11) is -24.2. The number of phenols is 1. The number of fused-ring (bicyclic) bond motifs is 1. The van der Waals surface area contributed by atoms with Crippen LogP contribution in [0.15, 0.2) is 96.5 Å². The molecule has 0 aliphatic carbocycles. The Morgan fingerprint density at radius 3 is 1.82 bits per heavy atom. The molecular formula is C27H22ClN7O16S5. The zero-order valence-corrected chi connectivity index (χ0v) is 32.0. The molecule has 0 aliphatic heterocycles. The van der Waals surface area contributed by atoms with E-state index in [1.807, 2.05) is 0 Å². The summed E-state index contributed by atoms with van der Waals surface area (Å²) in [5, 5.41) is 22.5. The van der Waals surface area contributed by atoms with Crippen LogP contribution in [0.3, 0.4) is 0 Å². The van der Waals surface area contributed by atoms with Gasteiger partial charge in [-0.15, -0.1) is 5.11 Å². The largest absolute Gasteiger partial charge is 0.505 e. The van der Waals surface area contributed by atoms with Crippen molar-refractivity contribution in [3.63, 3.8) is 0 Å². The SMILES string of the molecule is O=S(=O)(O)OCCS(=O)(=O)c1ccc(N=Nc2c(S(=O)(=O)O)cc3cc(S(=O)(=O)O)cc(Nc4nc(Cl)nc(Nc5ccccc5S(=O)(=O)O)n4)c3c2O)cc1. The molecular weight excluding hydrogens is 874 g/mol. The Kier molecular flexibility index (Phi) is 11.7. The Morgan fingerprint density at radius 1 is 0.661 bits per heavy atom. The summed E-state index contributed by atoms with van der Waals surface area (Å²) in [4.78, 5) is 8.75. The van der Waals surface area contributed by atoms with Crippen molar-refractivity contribution in [1.82, 2.24) is 15.0 Å². The smallest absolute Gasteiger partial charge is 0.397 e. The van der Waals surface area contributed by atoms with Crippen LogP contribution < -0.4 is 10.6 Å². The normalized spacial score (nSPS) is 12.9. The summed E-state index contributed by atoms with van der Waals surface area (Å²) < 4.78 is 162. The lowest BCUT2D eigenvalue weighted by atomic mass is 10.1. The van der Waals surface area contributed by atoms with Crippen molar-refractivity contribution in [3.05, 3.63) is 72.0 Å². The number of nitrogens with one attached hydrogen (secondary N) is 2. The van der Waals surface area contributed by atoms with Crippen molar-refractivity contribution in [2.45, 2.75) is 19.6 Å². The maximum absolute atomic E-state index is 12.5. The van der Waals surface area contributed by atoms with Crippen molar-refractivity contribution in [2.24, 2.45) is 10.2 Å². The van der Waals surface area contributed by atoms with Gasteiger partial charge in [-0.1, -0.05) is 12.1 Å². The van der Waals surface area contributed by atoms with Crippen molar-refractivity contribution in [2.75, 3.05) is 23.0 Å². The number of anilines is 4. The highest BCUT2D eigenvalue weighted by atomic mass is 35.5. The summed E-state index contributed by atoms with van der Waals surface area (Å²) >= 11 is 6.05. The van der Waals surface area contributed by atoms with E-state index in [4.69, 9.17) is 16.2 Å². The second kappa shape index (κ2) is 15.5. The summed E-state index contributed by atoms with van der Waals surface area (Å²) in [6.07, 6.45) is 0. The molecule has 5 rings (SSSR count). The van der Waals surface area contributed by atoms with Gasteiger partial charge in [0, 0.05) is 5.39 Å². The fraction of sp³-hybridized carbons (Fsp3) is 0.0741. The second-order valence-electron chi connectivity index (χ2n) is 10.8. The molecule has 0 amide bonds. The molecule has 1 heterocycles. The Hall–Kier alpha value is -5.01. The minimum atomic E-state index is -5.29. The lowest BCUT2D eigenvalue weighted by molar-refractivity contribution is 0.284. The van der Waals surface area contributed by atoms with Gasteiger partial charge in [-0.3, -0.25) is 18.2 Å². The third-order valence-corrected chi connectivity index (χ3v) is 11.9. The number of phenolic OH excluding ortho intramolecular Hbond substituents is 1. The van der Waals surface area contributed by atoms with Crippen molar-refractivity contribution in [3.8, 4) is 5.75 Å². The number of aromatic nitrogens is 3. The molecule has 1 aromatic heterocycles. The Labute approximate surface area is 321 Å². The third-order valence-electron chi connectivity index (χ3n) is 7.01. The average Bonchev–Trinajstić information content (AvgIpc) is 3.05. The molecule has 5 aromatic rings. The first kappa shape index (κ1) is 42.1. The molecule has 0 saturated heterocycles. The molecule has 0 bridgehead atoms. The maximum Gasteiger partial charge on any atom is 0.397 e. The average molecular weight is 896 g/mol. The van der Waals surface area contributed by atoms with Gasteiger partial charge in [0.25, 0.3) is 30.4 Å². The molecule has 4 aromatic carbocycles. The lowest BCUT2D eigenvalue weighted by Gasteiger charge is -2.15. The number of rotatable bonds is 14. The molecule has 298 valence electrons. The van der Waals surface area contributed by atoms with E-state index >= 15 is 0 Å². The van der Waals surface area contributed by atoms with E-state index in [2.05, 4.69) is 40.0 Å². The van der Waals surface area contributed by atoms with E-state index in [0.29, 0.717) is 6.07 Å². The Bertz CT molecular complexity index is 2990. The quantitative estimate of drug-likeness (QED) is 0.0618. The molecule has 0 saturated carbocycles. The third kappa shape index (κ3) is 10.2. The van der Waals surface area contributed by atoms with Gasteiger partial charge < -0.3 is 15.7 Å². The zero-order valence-electron chi connectivity index (χ0n) is 27.1. The molecule has 23 nitrogen and oxygen atoms in total. The predicted molar refractivity (Wildman–Crippen MR) is 193 cm³/mol. The number of benzene rings is 4. The number of hydrogen-bond acceptors (Lipinski definition) is 19. The predicted octanol–water partition coefficient (Wildman–Crippen LogP) is 3.62. The molecule has 0 fully saturated rings. The highest BCUT2D eigenvalue weighted by Crippen LogP contribution is 2.45. The molecule has 7 N–H and O–H groups in total. The van der Waals surface area contributed by atoms with Crippen LogP contribution in [0.25, 0.3) is 10.8 Å². The molecule has 0 spiro atoms. The van der Waals surface area contributed by atoms with Gasteiger partial charge >= 0.3 is 10.4 Å². The van der Waals surface area contributed by atoms with Crippen molar-refractivity contribution < 1.29 is 69.6 Å². The number of halogens is 1. The fourth-order valence-electron chi connectivity index (χ4n) is 4.69. The van der Waals surface area contributed by atoms with E-state index in [1.165, 1.54) is 18.2 Å². The number of hydrogen-bond donors (Lipinski definition) is 7. The first-order chi connectivity index (χ1) is 25.8. The van der Waals surface area contributed by atoms with Gasteiger partial charge in [-0.25, -0.2) is 12.6 Å². The summed E-state index contributed by atoms with van der Waals surface area (Å²) in [6, 6.07) is 11.3. The first-order valence-corrected chi connectivity index (χ1v) is 22.2. The number of para-hydroxylation sites is 1. The van der Waals surface area contributed by atoms with Crippen LogP contribution in [-0.2, 0) is 54.8 Å². The molecule has 0 aliphatic rings. The minimum absolute atomic E-state index is 0.158. The molecule has 0 radical (unpaired) electrons. The maximum atomic E-state index is 12.5. The monoisotopic (exact) mass is 895 g/mol. The molecule has 29 heteroatoms. The highest BCUT2D eigenvalue weighted by molar-refractivity contribution is 7.91. The van der Waals surface area contributed by atoms with E-state index in [-0.39, 0.29) is 16.3 Å². The van der Waals surface area contributed by atoms with Gasteiger partial charge in [-0.2, -0.15) is 53.7 Å².